The Morgan fingerprint density at radius 1 is 1.08 bits per heavy atom. The third-order valence-corrected chi connectivity index (χ3v) is 4.91. The lowest BCUT2D eigenvalue weighted by Gasteiger charge is -2.34. The molecule has 4 rings (SSSR count). The van der Waals surface area contributed by atoms with Gasteiger partial charge >= 0.3 is 0 Å². The van der Waals surface area contributed by atoms with E-state index in [9.17, 15) is 0 Å². The number of ether oxygens (including phenoxy) is 1. The molecule has 0 spiro atoms. The Morgan fingerprint density at radius 3 is 2.75 bits per heavy atom. The summed E-state index contributed by atoms with van der Waals surface area (Å²) in [5, 5.41) is 3.29. The molecular formula is C19H24N4O. The van der Waals surface area contributed by atoms with Crippen LogP contribution < -0.4 is 10.1 Å². The molecule has 1 unspecified atom stereocenters. The summed E-state index contributed by atoms with van der Waals surface area (Å²) in [6.07, 6.45) is 3.51. The summed E-state index contributed by atoms with van der Waals surface area (Å²) in [4.78, 5) is 11.4. The van der Waals surface area contributed by atoms with Gasteiger partial charge in [0.1, 0.15) is 11.4 Å². The third kappa shape index (κ3) is 3.22. The zero-order valence-corrected chi connectivity index (χ0v) is 14.4. The number of aromatic nitrogens is 2. The summed E-state index contributed by atoms with van der Waals surface area (Å²) in [7, 11) is 0. The van der Waals surface area contributed by atoms with E-state index in [-0.39, 0.29) is 5.60 Å². The summed E-state index contributed by atoms with van der Waals surface area (Å²) >= 11 is 0. The lowest BCUT2D eigenvalue weighted by atomic mass is 9.94. The number of rotatable bonds is 4. The first kappa shape index (κ1) is 15.4. The minimum atomic E-state index is 0.00724. The molecule has 2 fully saturated rings. The largest absolute Gasteiger partial charge is 0.486 e. The number of piperidine rings is 1. The molecule has 2 aliphatic heterocycles. The van der Waals surface area contributed by atoms with Crippen molar-refractivity contribution in [3.05, 3.63) is 41.7 Å². The molecule has 2 bridgehead atoms. The Labute approximate surface area is 143 Å². The first-order valence-electron chi connectivity index (χ1n) is 8.71. The number of nitrogens with zero attached hydrogens (tertiary/aromatic N) is 3. The fourth-order valence-corrected chi connectivity index (χ4v) is 3.88. The fraction of sp³-hybridized carbons (Fsp3) is 0.474. The Morgan fingerprint density at radius 2 is 1.92 bits per heavy atom. The molecule has 5 nitrogen and oxygen atoms in total. The van der Waals surface area contributed by atoms with E-state index in [1.165, 1.54) is 13.0 Å². The Hall–Kier alpha value is -2.14. The van der Waals surface area contributed by atoms with Gasteiger partial charge in [0, 0.05) is 42.7 Å². The van der Waals surface area contributed by atoms with E-state index in [1.807, 2.05) is 44.2 Å². The van der Waals surface area contributed by atoms with Gasteiger partial charge in [-0.2, -0.15) is 0 Å². The molecule has 1 aromatic heterocycles. The van der Waals surface area contributed by atoms with Crippen LogP contribution in [0.4, 0.5) is 11.6 Å². The van der Waals surface area contributed by atoms with Crippen molar-refractivity contribution >= 4 is 11.6 Å². The fourth-order valence-electron chi connectivity index (χ4n) is 3.88. The van der Waals surface area contributed by atoms with E-state index in [0.717, 1.165) is 48.8 Å². The highest BCUT2D eigenvalue weighted by Crippen LogP contribution is 2.36. The van der Waals surface area contributed by atoms with Crippen molar-refractivity contribution in [2.75, 3.05) is 25.0 Å². The van der Waals surface area contributed by atoms with Crippen molar-refractivity contribution in [1.29, 1.82) is 0 Å². The van der Waals surface area contributed by atoms with Crippen LogP contribution in [-0.2, 0) is 0 Å². The monoisotopic (exact) mass is 324 g/mol. The average molecular weight is 324 g/mol. The van der Waals surface area contributed by atoms with Gasteiger partial charge in [-0.3, -0.25) is 4.90 Å². The quantitative estimate of drug-likeness (QED) is 0.933. The van der Waals surface area contributed by atoms with Crippen LogP contribution in [0.2, 0.25) is 0 Å². The Bertz CT molecular complexity index is 724. The van der Waals surface area contributed by atoms with Crippen molar-refractivity contribution in [2.24, 2.45) is 0 Å². The molecule has 24 heavy (non-hydrogen) atoms. The number of hydrogen-bond acceptors (Lipinski definition) is 5. The minimum absolute atomic E-state index is 0.00724. The van der Waals surface area contributed by atoms with Crippen molar-refractivity contribution in [3.63, 3.8) is 0 Å². The van der Waals surface area contributed by atoms with E-state index in [1.54, 1.807) is 0 Å². The average Bonchev–Trinajstić information content (AvgIpc) is 2.80. The van der Waals surface area contributed by atoms with Crippen molar-refractivity contribution in [2.45, 2.75) is 38.7 Å². The lowest BCUT2D eigenvalue weighted by Crippen LogP contribution is -2.43. The van der Waals surface area contributed by atoms with Crippen molar-refractivity contribution in [1.82, 2.24) is 14.9 Å². The summed E-state index contributed by atoms with van der Waals surface area (Å²) in [6, 6.07) is 10.1. The predicted octanol–water partition coefficient (Wildman–Crippen LogP) is 3.45. The third-order valence-electron chi connectivity index (χ3n) is 4.91. The Kier molecular flexibility index (Phi) is 3.88. The second kappa shape index (κ2) is 6.06. The van der Waals surface area contributed by atoms with E-state index in [0.29, 0.717) is 5.95 Å². The molecule has 126 valence electrons. The number of hydrogen-bond donors (Lipinski definition) is 1. The van der Waals surface area contributed by atoms with Crippen LogP contribution in [0.15, 0.2) is 30.3 Å². The molecule has 2 saturated heterocycles. The first-order chi connectivity index (χ1) is 11.6. The SMILES string of the molecule is Cc1cc(C)nc(Nc2cccc(O[C@@]34CCCN(CC3)C4)c2)n1. The zero-order chi connectivity index (χ0) is 16.6. The molecule has 2 atom stereocenters. The van der Waals surface area contributed by atoms with Gasteiger partial charge in [-0.05, 0) is 51.4 Å². The maximum Gasteiger partial charge on any atom is 0.227 e. The van der Waals surface area contributed by atoms with Crippen LogP contribution in [0.1, 0.15) is 30.7 Å². The van der Waals surface area contributed by atoms with E-state index < -0.39 is 0 Å². The summed E-state index contributed by atoms with van der Waals surface area (Å²) in [5.74, 6) is 1.56. The van der Waals surface area contributed by atoms with Crippen LogP contribution in [-0.4, -0.2) is 40.1 Å². The number of nitrogens with one attached hydrogen (secondary N) is 1. The molecule has 0 amide bonds. The number of aryl methyl sites for hydroxylation is 2. The normalized spacial score (nSPS) is 25.5. The van der Waals surface area contributed by atoms with Gasteiger partial charge < -0.3 is 10.1 Å². The van der Waals surface area contributed by atoms with E-state index in [2.05, 4.69) is 20.2 Å². The number of anilines is 2. The maximum atomic E-state index is 6.44. The second-order valence-electron chi connectivity index (χ2n) is 7.04. The standard InChI is InChI=1S/C19H24N4O/c1-14-11-15(2)21-18(20-14)22-16-5-3-6-17(12-16)24-19-7-4-9-23(13-19)10-8-19/h3,5-6,11-12H,4,7-10,13H2,1-2H3,(H,20,21,22)/t19-/m0/s1. The van der Waals surface area contributed by atoms with E-state index in [4.69, 9.17) is 4.74 Å². The molecule has 0 saturated carbocycles. The van der Waals surface area contributed by atoms with Gasteiger partial charge in [-0.1, -0.05) is 6.07 Å². The molecule has 0 radical (unpaired) electrons. The van der Waals surface area contributed by atoms with Gasteiger partial charge in [0.25, 0.3) is 0 Å². The second-order valence-corrected chi connectivity index (χ2v) is 7.04. The highest BCUT2D eigenvalue weighted by atomic mass is 16.5. The molecule has 2 aliphatic rings. The minimum Gasteiger partial charge on any atom is -0.486 e. The lowest BCUT2D eigenvalue weighted by molar-refractivity contribution is 0.0453. The highest BCUT2D eigenvalue weighted by molar-refractivity contribution is 5.56. The molecule has 2 aromatic rings. The molecule has 0 aliphatic carbocycles. The predicted molar refractivity (Wildman–Crippen MR) is 94.9 cm³/mol. The summed E-state index contributed by atoms with van der Waals surface area (Å²) in [5.41, 5.74) is 2.89. The van der Waals surface area contributed by atoms with Gasteiger partial charge in [0.2, 0.25) is 5.95 Å². The van der Waals surface area contributed by atoms with Crippen LogP contribution in [0.5, 0.6) is 5.75 Å². The van der Waals surface area contributed by atoms with Gasteiger partial charge in [-0.25, -0.2) is 9.97 Å². The zero-order valence-electron chi connectivity index (χ0n) is 14.4. The van der Waals surface area contributed by atoms with Crippen LogP contribution in [0.25, 0.3) is 0 Å². The highest BCUT2D eigenvalue weighted by Gasteiger charge is 2.42. The molecule has 5 heteroatoms. The molecule has 1 N–H and O–H groups in total. The van der Waals surface area contributed by atoms with Gasteiger partial charge in [0.05, 0.1) is 0 Å². The summed E-state index contributed by atoms with van der Waals surface area (Å²) < 4.78 is 6.44. The first-order valence-corrected chi connectivity index (χ1v) is 8.71. The van der Waals surface area contributed by atoms with Crippen LogP contribution in [0.3, 0.4) is 0 Å². The van der Waals surface area contributed by atoms with Crippen LogP contribution >= 0.6 is 0 Å². The van der Waals surface area contributed by atoms with E-state index >= 15 is 0 Å². The topological polar surface area (TPSA) is 50.3 Å². The van der Waals surface area contributed by atoms with Gasteiger partial charge in [-0.15, -0.1) is 0 Å². The van der Waals surface area contributed by atoms with Gasteiger partial charge in [0.15, 0.2) is 0 Å². The number of fused-ring (bicyclic) bond motifs is 2. The summed E-state index contributed by atoms with van der Waals surface area (Å²) in [6.45, 7) is 7.40. The van der Waals surface area contributed by atoms with Crippen molar-refractivity contribution < 1.29 is 4.74 Å². The molecule has 1 aromatic carbocycles. The maximum absolute atomic E-state index is 6.44. The number of benzene rings is 1. The molecular weight excluding hydrogens is 300 g/mol. The Balaban J connectivity index is 1.51. The van der Waals surface area contributed by atoms with Crippen molar-refractivity contribution in [3.8, 4) is 5.75 Å². The molecule has 3 heterocycles. The van der Waals surface area contributed by atoms with Crippen LogP contribution in [0, 0.1) is 13.8 Å². The smallest absolute Gasteiger partial charge is 0.227 e.